The summed E-state index contributed by atoms with van der Waals surface area (Å²) in [6.07, 6.45) is 1.91. The zero-order chi connectivity index (χ0) is 15.5. The van der Waals surface area contributed by atoms with Gasteiger partial charge in [-0.05, 0) is 30.5 Å². The van der Waals surface area contributed by atoms with Gasteiger partial charge >= 0.3 is 0 Å². The third-order valence-electron chi connectivity index (χ3n) is 3.28. The van der Waals surface area contributed by atoms with Crippen molar-refractivity contribution in [3.63, 3.8) is 0 Å². The van der Waals surface area contributed by atoms with E-state index in [9.17, 15) is 0 Å². The Morgan fingerprint density at radius 2 is 1.59 bits per heavy atom. The molecule has 0 unspecified atom stereocenters. The lowest BCUT2D eigenvalue weighted by Crippen LogP contribution is -2.33. The number of hydrogen-bond donors (Lipinski definition) is 3. The summed E-state index contributed by atoms with van der Waals surface area (Å²) >= 11 is 0. The van der Waals surface area contributed by atoms with E-state index in [0.29, 0.717) is 5.96 Å². The van der Waals surface area contributed by atoms with Crippen LogP contribution in [0.25, 0.3) is 0 Å². The lowest BCUT2D eigenvalue weighted by atomic mass is 10.1. The predicted molar refractivity (Wildman–Crippen MR) is 94.2 cm³/mol. The summed E-state index contributed by atoms with van der Waals surface area (Å²) in [5.74, 6) is 0.524. The number of nitrogens with two attached hydrogens (primary N) is 1. The van der Waals surface area contributed by atoms with E-state index in [1.807, 2.05) is 36.4 Å². The van der Waals surface area contributed by atoms with Gasteiger partial charge in [0.25, 0.3) is 0 Å². The summed E-state index contributed by atoms with van der Waals surface area (Å²) in [5, 5.41) is 6.50. The van der Waals surface area contributed by atoms with Crippen LogP contribution < -0.4 is 16.4 Å². The number of nitrogens with zero attached hydrogens (tertiary/aromatic N) is 1. The number of nitrogens with one attached hydrogen (secondary N) is 2. The van der Waals surface area contributed by atoms with Crippen LogP contribution in [0.1, 0.15) is 12.0 Å². The number of hydrogen-bond acceptors (Lipinski definition) is 2. The van der Waals surface area contributed by atoms with Crippen molar-refractivity contribution < 1.29 is 0 Å². The highest BCUT2D eigenvalue weighted by Gasteiger charge is 1.94. The summed E-state index contributed by atoms with van der Waals surface area (Å²) in [6, 6.07) is 20.5. The summed E-state index contributed by atoms with van der Waals surface area (Å²) in [5.41, 5.74) is 8.29. The maximum absolute atomic E-state index is 5.85. The zero-order valence-corrected chi connectivity index (χ0v) is 12.8. The average Bonchev–Trinajstić information content (AvgIpc) is 2.56. The third-order valence-corrected chi connectivity index (χ3v) is 3.28. The minimum absolute atomic E-state index is 0.524. The quantitative estimate of drug-likeness (QED) is 0.399. The first kappa shape index (κ1) is 15.9. The molecule has 0 radical (unpaired) electrons. The number of anilines is 1. The molecule has 0 aliphatic carbocycles. The Balaban J connectivity index is 1.55. The molecular weight excluding hydrogens is 272 g/mol. The molecule has 4 heteroatoms. The fourth-order valence-electron chi connectivity index (χ4n) is 2.10. The molecule has 4 nitrogen and oxygen atoms in total. The van der Waals surface area contributed by atoms with Crippen LogP contribution >= 0.6 is 0 Å². The maximum atomic E-state index is 5.85. The highest BCUT2D eigenvalue weighted by molar-refractivity contribution is 5.77. The summed E-state index contributed by atoms with van der Waals surface area (Å²) < 4.78 is 0. The van der Waals surface area contributed by atoms with Crippen molar-refractivity contribution in [1.29, 1.82) is 0 Å². The lowest BCUT2D eigenvalue weighted by molar-refractivity contribution is 0.827. The standard InChI is InChI=1S/C18H24N4/c19-18(22-15-12-16-8-3-1-4-9-16)21-14-7-13-20-17-10-5-2-6-11-17/h1-6,8-11,20H,7,12-15H2,(H3,19,21,22). The van der Waals surface area contributed by atoms with Crippen LogP contribution in [0, 0.1) is 0 Å². The van der Waals surface area contributed by atoms with Gasteiger partial charge in [-0.25, -0.2) is 0 Å². The summed E-state index contributed by atoms with van der Waals surface area (Å²) in [6.45, 7) is 2.43. The van der Waals surface area contributed by atoms with E-state index < -0.39 is 0 Å². The highest BCUT2D eigenvalue weighted by Crippen LogP contribution is 2.04. The first-order valence-corrected chi connectivity index (χ1v) is 7.71. The van der Waals surface area contributed by atoms with Crippen molar-refractivity contribution in [3.05, 3.63) is 66.2 Å². The first-order chi connectivity index (χ1) is 10.8. The topological polar surface area (TPSA) is 62.4 Å². The van der Waals surface area contributed by atoms with Crippen LogP contribution in [0.4, 0.5) is 5.69 Å². The Kier molecular flexibility index (Phi) is 6.82. The van der Waals surface area contributed by atoms with Gasteiger partial charge in [-0.3, -0.25) is 4.99 Å². The molecule has 0 saturated carbocycles. The molecule has 4 N–H and O–H groups in total. The van der Waals surface area contributed by atoms with Crippen molar-refractivity contribution in [3.8, 4) is 0 Å². The maximum Gasteiger partial charge on any atom is 0.188 e. The Labute approximate surface area is 132 Å². The van der Waals surface area contributed by atoms with Crippen LogP contribution in [0.2, 0.25) is 0 Å². The van der Waals surface area contributed by atoms with E-state index in [-0.39, 0.29) is 0 Å². The van der Waals surface area contributed by atoms with Gasteiger partial charge in [-0.1, -0.05) is 48.5 Å². The predicted octanol–water partition coefficient (Wildman–Crippen LogP) is 2.64. The Morgan fingerprint density at radius 3 is 2.32 bits per heavy atom. The van der Waals surface area contributed by atoms with E-state index in [1.54, 1.807) is 0 Å². The van der Waals surface area contributed by atoms with Crippen molar-refractivity contribution in [2.75, 3.05) is 25.0 Å². The number of guanidine groups is 1. The molecule has 0 bridgehead atoms. The highest BCUT2D eigenvalue weighted by atomic mass is 15.1. The minimum Gasteiger partial charge on any atom is -0.385 e. The van der Waals surface area contributed by atoms with Crippen molar-refractivity contribution in [1.82, 2.24) is 5.32 Å². The number of benzene rings is 2. The molecule has 2 rings (SSSR count). The van der Waals surface area contributed by atoms with Crippen molar-refractivity contribution in [2.45, 2.75) is 12.8 Å². The molecule has 0 spiro atoms. The smallest absolute Gasteiger partial charge is 0.188 e. The van der Waals surface area contributed by atoms with Gasteiger partial charge < -0.3 is 16.4 Å². The van der Waals surface area contributed by atoms with Crippen LogP contribution in [0.5, 0.6) is 0 Å². The number of aliphatic imine (C=N–C) groups is 1. The van der Waals surface area contributed by atoms with Crippen LogP contribution in [-0.4, -0.2) is 25.6 Å². The molecule has 0 amide bonds. The molecule has 0 aromatic heterocycles. The van der Waals surface area contributed by atoms with E-state index in [2.05, 4.69) is 39.9 Å². The normalized spacial score (nSPS) is 11.2. The van der Waals surface area contributed by atoms with Gasteiger partial charge in [0, 0.05) is 25.3 Å². The second-order valence-corrected chi connectivity index (χ2v) is 5.08. The lowest BCUT2D eigenvalue weighted by Gasteiger charge is -2.07. The molecule has 0 aliphatic rings. The van der Waals surface area contributed by atoms with Crippen LogP contribution in [0.3, 0.4) is 0 Å². The molecule has 2 aromatic rings. The molecule has 0 saturated heterocycles. The average molecular weight is 296 g/mol. The molecule has 0 fully saturated rings. The SMILES string of the molecule is NC(=NCCCNc1ccccc1)NCCc1ccccc1. The third kappa shape index (κ3) is 6.31. The van der Waals surface area contributed by atoms with Gasteiger partial charge in [-0.15, -0.1) is 0 Å². The van der Waals surface area contributed by atoms with E-state index in [1.165, 1.54) is 5.56 Å². The molecule has 22 heavy (non-hydrogen) atoms. The van der Waals surface area contributed by atoms with Crippen molar-refractivity contribution in [2.24, 2.45) is 10.7 Å². The summed E-state index contributed by atoms with van der Waals surface area (Å²) in [4.78, 5) is 4.33. The Bertz CT molecular complexity index is 552. The van der Waals surface area contributed by atoms with Gasteiger partial charge in [0.1, 0.15) is 0 Å². The molecule has 0 aliphatic heterocycles. The van der Waals surface area contributed by atoms with Gasteiger partial charge in [0.2, 0.25) is 0 Å². The minimum atomic E-state index is 0.524. The Hall–Kier alpha value is -2.49. The fraction of sp³-hybridized carbons (Fsp3) is 0.278. The molecule has 0 heterocycles. The van der Waals surface area contributed by atoms with Crippen molar-refractivity contribution >= 4 is 11.6 Å². The van der Waals surface area contributed by atoms with Gasteiger partial charge in [0.05, 0.1) is 0 Å². The van der Waals surface area contributed by atoms with Crippen LogP contribution in [0.15, 0.2) is 65.7 Å². The van der Waals surface area contributed by atoms with Gasteiger partial charge in [0.15, 0.2) is 5.96 Å². The number of para-hydroxylation sites is 1. The van der Waals surface area contributed by atoms with E-state index in [0.717, 1.165) is 38.2 Å². The van der Waals surface area contributed by atoms with E-state index in [4.69, 9.17) is 5.73 Å². The molecule has 2 aromatic carbocycles. The Morgan fingerprint density at radius 1 is 0.909 bits per heavy atom. The number of rotatable bonds is 8. The second kappa shape index (κ2) is 9.45. The molecular formula is C18H24N4. The molecule has 116 valence electrons. The fourth-order valence-corrected chi connectivity index (χ4v) is 2.10. The van der Waals surface area contributed by atoms with E-state index >= 15 is 0 Å². The van der Waals surface area contributed by atoms with Crippen LogP contribution in [-0.2, 0) is 6.42 Å². The first-order valence-electron chi connectivity index (χ1n) is 7.71. The van der Waals surface area contributed by atoms with Gasteiger partial charge in [-0.2, -0.15) is 0 Å². The largest absolute Gasteiger partial charge is 0.385 e. The monoisotopic (exact) mass is 296 g/mol. The summed E-state index contributed by atoms with van der Waals surface area (Å²) in [7, 11) is 0. The zero-order valence-electron chi connectivity index (χ0n) is 12.8. The second-order valence-electron chi connectivity index (χ2n) is 5.08. The molecule has 0 atom stereocenters.